The number of aliphatic hydroxyl groups is 1. The van der Waals surface area contributed by atoms with Gasteiger partial charge in [-0.1, -0.05) is 31.2 Å². The summed E-state index contributed by atoms with van der Waals surface area (Å²) in [5, 5.41) is 11.2. The number of aromatic nitrogens is 1. The van der Waals surface area contributed by atoms with Crippen LogP contribution in [-0.4, -0.2) is 17.2 Å². The van der Waals surface area contributed by atoms with Crippen LogP contribution in [-0.2, 0) is 5.60 Å². The van der Waals surface area contributed by atoms with Crippen molar-refractivity contribution in [3.63, 3.8) is 0 Å². The summed E-state index contributed by atoms with van der Waals surface area (Å²) in [6, 6.07) is 10.0. The Bertz CT molecular complexity index is 626. The summed E-state index contributed by atoms with van der Waals surface area (Å²) in [4.78, 5) is 4.18. The quantitative estimate of drug-likeness (QED) is 0.910. The van der Waals surface area contributed by atoms with E-state index in [2.05, 4.69) is 18.0 Å². The molecule has 0 amide bonds. The Balaban J connectivity index is 2.14. The highest BCUT2D eigenvalue weighted by atomic mass is 16.5. The van der Waals surface area contributed by atoms with E-state index in [0.29, 0.717) is 18.1 Å². The van der Waals surface area contributed by atoms with E-state index in [1.165, 1.54) is 5.56 Å². The normalized spacial score (nSPS) is 25.1. The molecule has 3 rings (SSSR count). The van der Waals surface area contributed by atoms with Crippen LogP contribution in [0.2, 0.25) is 0 Å². The first-order valence-electron chi connectivity index (χ1n) is 6.96. The molecule has 1 heterocycles. The van der Waals surface area contributed by atoms with Crippen molar-refractivity contribution < 1.29 is 9.84 Å². The Hall–Kier alpha value is -1.87. The molecule has 1 aliphatic carbocycles. The number of hydrogen-bond donors (Lipinski definition) is 1. The van der Waals surface area contributed by atoms with Gasteiger partial charge in [0.1, 0.15) is 11.4 Å². The molecule has 0 fully saturated rings. The fourth-order valence-electron chi connectivity index (χ4n) is 3.08. The molecule has 2 atom stereocenters. The number of hydrogen-bond acceptors (Lipinski definition) is 3. The van der Waals surface area contributed by atoms with Gasteiger partial charge in [0.05, 0.1) is 13.3 Å². The molecule has 0 radical (unpaired) electrons. The van der Waals surface area contributed by atoms with Crippen LogP contribution < -0.4 is 4.74 Å². The van der Waals surface area contributed by atoms with Crippen molar-refractivity contribution in [1.29, 1.82) is 0 Å². The molecule has 0 bridgehead atoms. The maximum atomic E-state index is 11.2. The average molecular weight is 269 g/mol. The molecule has 1 aromatic heterocycles. The highest BCUT2D eigenvalue weighted by Gasteiger charge is 2.38. The molecule has 0 saturated carbocycles. The fourth-order valence-corrected chi connectivity index (χ4v) is 3.08. The highest BCUT2D eigenvalue weighted by molar-refractivity contribution is 5.45. The summed E-state index contributed by atoms with van der Waals surface area (Å²) in [6.45, 7) is 2.21. The van der Waals surface area contributed by atoms with Crippen molar-refractivity contribution in [2.75, 3.05) is 7.11 Å². The molecule has 0 aliphatic heterocycles. The Morgan fingerprint density at radius 3 is 2.90 bits per heavy atom. The summed E-state index contributed by atoms with van der Waals surface area (Å²) >= 11 is 0. The van der Waals surface area contributed by atoms with Gasteiger partial charge in [-0.3, -0.25) is 4.98 Å². The summed E-state index contributed by atoms with van der Waals surface area (Å²) in [5.41, 5.74) is 2.05. The Morgan fingerprint density at radius 2 is 2.10 bits per heavy atom. The molecule has 3 nitrogen and oxygen atoms in total. The third-order valence-electron chi connectivity index (χ3n) is 4.30. The zero-order valence-corrected chi connectivity index (χ0v) is 11.8. The van der Waals surface area contributed by atoms with Gasteiger partial charge in [-0.15, -0.1) is 0 Å². The predicted molar refractivity (Wildman–Crippen MR) is 77.9 cm³/mol. The SMILES string of the molecule is COc1cncc(C2(O)CCC(C)c3ccccc32)c1. The van der Waals surface area contributed by atoms with Crippen LogP contribution in [0.15, 0.2) is 42.7 Å². The lowest BCUT2D eigenvalue weighted by Gasteiger charge is -2.37. The van der Waals surface area contributed by atoms with Gasteiger partial charge in [0.2, 0.25) is 0 Å². The standard InChI is InChI=1S/C17H19NO2/c1-12-7-8-17(19,16-6-4-3-5-15(12)16)13-9-14(20-2)11-18-10-13/h3-6,9-12,19H,7-8H2,1-2H3. The minimum Gasteiger partial charge on any atom is -0.495 e. The topological polar surface area (TPSA) is 42.4 Å². The van der Waals surface area contributed by atoms with Gasteiger partial charge < -0.3 is 9.84 Å². The maximum Gasteiger partial charge on any atom is 0.137 e. The molecule has 2 aromatic rings. The Morgan fingerprint density at radius 1 is 1.30 bits per heavy atom. The maximum absolute atomic E-state index is 11.2. The molecule has 2 unspecified atom stereocenters. The molecular weight excluding hydrogens is 250 g/mol. The number of methoxy groups -OCH3 is 1. The second-order valence-corrected chi connectivity index (χ2v) is 5.50. The van der Waals surface area contributed by atoms with Gasteiger partial charge >= 0.3 is 0 Å². The van der Waals surface area contributed by atoms with E-state index in [-0.39, 0.29) is 0 Å². The van der Waals surface area contributed by atoms with E-state index >= 15 is 0 Å². The monoisotopic (exact) mass is 269 g/mol. The van der Waals surface area contributed by atoms with E-state index in [1.54, 1.807) is 19.5 Å². The largest absolute Gasteiger partial charge is 0.495 e. The van der Waals surface area contributed by atoms with E-state index in [9.17, 15) is 5.11 Å². The molecular formula is C17H19NO2. The number of pyridine rings is 1. The minimum absolute atomic E-state index is 0.477. The average Bonchev–Trinajstić information content (AvgIpc) is 2.51. The minimum atomic E-state index is -0.968. The summed E-state index contributed by atoms with van der Waals surface area (Å²) in [5.74, 6) is 1.15. The lowest BCUT2D eigenvalue weighted by molar-refractivity contribution is 0.0574. The van der Waals surface area contributed by atoms with E-state index in [4.69, 9.17) is 4.74 Å². The van der Waals surface area contributed by atoms with Gasteiger partial charge in [-0.2, -0.15) is 0 Å². The number of ether oxygens (including phenoxy) is 1. The summed E-state index contributed by atoms with van der Waals surface area (Å²) in [6.07, 6.45) is 5.06. The van der Waals surface area contributed by atoms with Crippen LogP contribution in [0.3, 0.4) is 0 Å². The van der Waals surface area contributed by atoms with Crippen molar-refractivity contribution in [3.05, 3.63) is 59.4 Å². The van der Waals surface area contributed by atoms with Crippen LogP contribution in [0.1, 0.15) is 42.4 Å². The molecule has 20 heavy (non-hydrogen) atoms. The van der Waals surface area contributed by atoms with Gasteiger partial charge in [0.25, 0.3) is 0 Å². The zero-order chi connectivity index (χ0) is 14.2. The van der Waals surface area contributed by atoms with E-state index < -0.39 is 5.60 Å². The fraction of sp³-hybridized carbons (Fsp3) is 0.353. The molecule has 1 N–H and O–H groups in total. The number of fused-ring (bicyclic) bond motifs is 1. The third kappa shape index (κ3) is 1.98. The van der Waals surface area contributed by atoms with Gasteiger partial charge in [-0.25, -0.2) is 0 Å². The van der Waals surface area contributed by atoms with Crippen molar-refractivity contribution in [3.8, 4) is 5.75 Å². The highest BCUT2D eigenvalue weighted by Crippen LogP contribution is 2.45. The molecule has 104 valence electrons. The van der Waals surface area contributed by atoms with Crippen molar-refractivity contribution in [2.24, 2.45) is 0 Å². The molecule has 1 aliphatic rings. The number of benzene rings is 1. The molecule has 0 spiro atoms. The smallest absolute Gasteiger partial charge is 0.137 e. The lowest BCUT2D eigenvalue weighted by Crippen LogP contribution is -2.33. The number of nitrogens with zero attached hydrogens (tertiary/aromatic N) is 1. The van der Waals surface area contributed by atoms with Crippen molar-refractivity contribution in [2.45, 2.75) is 31.3 Å². The molecule has 3 heteroatoms. The first-order chi connectivity index (χ1) is 9.65. The summed E-state index contributed by atoms with van der Waals surface area (Å²) < 4.78 is 5.23. The van der Waals surface area contributed by atoms with Crippen LogP contribution in [0, 0.1) is 0 Å². The molecule has 0 saturated heterocycles. The van der Waals surface area contributed by atoms with Crippen LogP contribution >= 0.6 is 0 Å². The second kappa shape index (κ2) is 4.91. The van der Waals surface area contributed by atoms with Crippen LogP contribution in [0.25, 0.3) is 0 Å². The number of rotatable bonds is 2. The van der Waals surface area contributed by atoms with Gasteiger partial charge in [0, 0.05) is 11.8 Å². The van der Waals surface area contributed by atoms with Crippen LogP contribution in [0.5, 0.6) is 5.75 Å². The van der Waals surface area contributed by atoms with Crippen LogP contribution in [0.4, 0.5) is 0 Å². The van der Waals surface area contributed by atoms with Crippen molar-refractivity contribution in [1.82, 2.24) is 4.98 Å². The van der Waals surface area contributed by atoms with E-state index in [1.807, 2.05) is 24.3 Å². The second-order valence-electron chi connectivity index (χ2n) is 5.50. The van der Waals surface area contributed by atoms with E-state index in [0.717, 1.165) is 17.5 Å². The third-order valence-corrected chi connectivity index (χ3v) is 4.30. The van der Waals surface area contributed by atoms with Gasteiger partial charge in [0.15, 0.2) is 0 Å². The molecule has 1 aromatic carbocycles. The van der Waals surface area contributed by atoms with Gasteiger partial charge in [-0.05, 0) is 36.0 Å². The Labute approximate surface area is 119 Å². The Kier molecular flexibility index (Phi) is 3.22. The van der Waals surface area contributed by atoms with Crippen molar-refractivity contribution >= 4 is 0 Å². The first kappa shape index (κ1) is 13.1. The first-order valence-corrected chi connectivity index (χ1v) is 6.96. The lowest BCUT2D eigenvalue weighted by atomic mass is 9.72. The summed E-state index contributed by atoms with van der Waals surface area (Å²) in [7, 11) is 1.61. The zero-order valence-electron chi connectivity index (χ0n) is 11.8. The predicted octanol–water partition coefficient (Wildman–Crippen LogP) is 3.22.